The number of hydrogen-bond donors (Lipinski definition) is 3. The van der Waals surface area contributed by atoms with Crippen molar-refractivity contribution in [2.45, 2.75) is 26.4 Å². The minimum atomic E-state index is -0.252. The summed E-state index contributed by atoms with van der Waals surface area (Å²) in [6.07, 6.45) is 0.820. The van der Waals surface area contributed by atoms with Crippen LogP contribution in [0.4, 0.5) is 11.5 Å². The molecule has 0 spiro atoms. The molecule has 148 valence electrons. The monoisotopic (exact) mass is 389 g/mol. The highest BCUT2D eigenvalue weighted by Crippen LogP contribution is 2.25. The number of nitrogens with one attached hydrogen (secondary N) is 3. The molecule has 0 bridgehead atoms. The number of aromatic amines is 1. The molecule has 0 atom stereocenters. The van der Waals surface area contributed by atoms with Crippen LogP contribution in [0.5, 0.6) is 0 Å². The van der Waals surface area contributed by atoms with E-state index in [0.717, 1.165) is 37.3 Å². The van der Waals surface area contributed by atoms with E-state index in [9.17, 15) is 9.59 Å². The topological polar surface area (TPSA) is 90.1 Å². The van der Waals surface area contributed by atoms with E-state index in [0.29, 0.717) is 17.1 Å². The summed E-state index contributed by atoms with van der Waals surface area (Å²) < 4.78 is 0. The van der Waals surface area contributed by atoms with Gasteiger partial charge in [0.05, 0.1) is 5.69 Å². The van der Waals surface area contributed by atoms with Gasteiger partial charge in [0.25, 0.3) is 5.91 Å². The van der Waals surface area contributed by atoms with E-state index >= 15 is 0 Å². The largest absolute Gasteiger partial charge is 0.326 e. The normalized spacial score (nSPS) is 13.6. The molecule has 3 aromatic rings. The van der Waals surface area contributed by atoms with Crippen LogP contribution >= 0.6 is 0 Å². The molecule has 0 aliphatic carbocycles. The summed E-state index contributed by atoms with van der Waals surface area (Å²) in [5.74, 6) is 0.150. The first-order chi connectivity index (χ1) is 14.1. The van der Waals surface area contributed by atoms with Gasteiger partial charge in [0, 0.05) is 43.4 Å². The van der Waals surface area contributed by atoms with E-state index in [4.69, 9.17) is 0 Å². The van der Waals surface area contributed by atoms with Gasteiger partial charge in [-0.15, -0.1) is 0 Å². The summed E-state index contributed by atoms with van der Waals surface area (Å²) in [4.78, 5) is 26.2. The number of rotatable bonds is 5. The van der Waals surface area contributed by atoms with Gasteiger partial charge < -0.3 is 10.6 Å². The van der Waals surface area contributed by atoms with Crippen molar-refractivity contribution in [3.8, 4) is 0 Å². The molecule has 0 saturated heterocycles. The first kappa shape index (κ1) is 18.9. The van der Waals surface area contributed by atoms with Crippen LogP contribution in [0.15, 0.2) is 54.6 Å². The van der Waals surface area contributed by atoms with Gasteiger partial charge in [-0.1, -0.05) is 36.4 Å². The Kier molecular flexibility index (Phi) is 5.39. The predicted octanol–water partition coefficient (Wildman–Crippen LogP) is 3.18. The average molecular weight is 389 g/mol. The summed E-state index contributed by atoms with van der Waals surface area (Å²) in [6, 6.07) is 17.2. The third-order valence-corrected chi connectivity index (χ3v) is 4.94. The van der Waals surface area contributed by atoms with Gasteiger partial charge in [0.2, 0.25) is 5.91 Å². The van der Waals surface area contributed by atoms with Gasteiger partial charge in [-0.2, -0.15) is 5.10 Å². The van der Waals surface area contributed by atoms with E-state index in [1.54, 1.807) is 24.3 Å². The molecule has 2 heterocycles. The lowest BCUT2D eigenvalue weighted by Crippen LogP contribution is -2.30. The van der Waals surface area contributed by atoms with Crippen LogP contribution in [0, 0.1) is 0 Å². The van der Waals surface area contributed by atoms with Crippen LogP contribution in [0.3, 0.4) is 0 Å². The maximum Gasteiger partial charge on any atom is 0.256 e. The van der Waals surface area contributed by atoms with Crippen LogP contribution in [0.1, 0.15) is 34.1 Å². The van der Waals surface area contributed by atoms with Gasteiger partial charge in [-0.3, -0.25) is 19.6 Å². The lowest BCUT2D eigenvalue weighted by Gasteiger charge is -2.26. The SMILES string of the molecule is CC(=O)Nc1cccc(C(=O)Nc2n[nH]c3c2CCN(Cc2ccccc2)C3)c1. The fraction of sp³-hybridized carbons (Fsp3) is 0.227. The molecular formula is C22H23N5O2. The Bertz CT molecular complexity index is 1030. The van der Waals surface area contributed by atoms with Crippen molar-refractivity contribution in [2.24, 2.45) is 0 Å². The Morgan fingerprint density at radius 1 is 1.10 bits per heavy atom. The number of H-pyrrole nitrogens is 1. The average Bonchev–Trinajstić information content (AvgIpc) is 3.10. The molecule has 0 saturated carbocycles. The fourth-order valence-corrected chi connectivity index (χ4v) is 3.58. The lowest BCUT2D eigenvalue weighted by molar-refractivity contribution is -0.114. The van der Waals surface area contributed by atoms with Crippen LogP contribution in [0.25, 0.3) is 0 Å². The molecule has 3 N–H and O–H groups in total. The number of carbonyl (C=O) groups is 2. The number of benzene rings is 2. The van der Waals surface area contributed by atoms with Crippen LogP contribution < -0.4 is 10.6 Å². The molecule has 4 rings (SSSR count). The zero-order valence-electron chi connectivity index (χ0n) is 16.2. The molecule has 0 radical (unpaired) electrons. The zero-order valence-corrected chi connectivity index (χ0v) is 16.2. The van der Waals surface area contributed by atoms with Gasteiger partial charge in [0.15, 0.2) is 5.82 Å². The van der Waals surface area contributed by atoms with Crippen molar-refractivity contribution in [2.75, 3.05) is 17.2 Å². The smallest absolute Gasteiger partial charge is 0.256 e. The molecule has 0 fully saturated rings. The number of aromatic nitrogens is 2. The van der Waals surface area contributed by atoms with E-state index in [2.05, 4.69) is 50.0 Å². The highest BCUT2D eigenvalue weighted by molar-refractivity contribution is 6.05. The Morgan fingerprint density at radius 3 is 2.72 bits per heavy atom. The number of fused-ring (bicyclic) bond motifs is 1. The summed E-state index contributed by atoms with van der Waals surface area (Å²) in [5, 5.41) is 13.0. The molecule has 2 aromatic carbocycles. The zero-order chi connectivity index (χ0) is 20.2. The molecular weight excluding hydrogens is 366 g/mol. The van der Waals surface area contributed by atoms with Gasteiger partial charge in [-0.25, -0.2) is 0 Å². The predicted molar refractivity (Wildman–Crippen MR) is 112 cm³/mol. The van der Waals surface area contributed by atoms with Crippen LogP contribution in [-0.4, -0.2) is 33.5 Å². The summed E-state index contributed by atoms with van der Waals surface area (Å²) in [7, 11) is 0. The fourth-order valence-electron chi connectivity index (χ4n) is 3.58. The van der Waals surface area contributed by atoms with Gasteiger partial charge in [-0.05, 0) is 30.2 Å². The second-order valence-corrected chi connectivity index (χ2v) is 7.19. The molecule has 7 nitrogen and oxygen atoms in total. The molecule has 29 heavy (non-hydrogen) atoms. The first-order valence-corrected chi connectivity index (χ1v) is 9.60. The number of nitrogens with zero attached hydrogens (tertiary/aromatic N) is 2. The van der Waals surface area contributed by atoms with Crippen LogP contribution in [-0.2, 0) is 24.3 Å². The molecule has 2 amide bonds. The summed E-state index contributed by atoms with van der Waals surface area (Å²) in [5.41, 5.74) is 4.43. The van der Waals surface area contributed by atoms with Crippen molar-refractivity contribution in [1.82, 2.24) is 15.1 Å². The van der Waals surface area contributed by atoms with Crippen molar-refractivity contribution >= 4 is 23.3 Å². The lowest BCUT2D eigenvalue weighted by atomic mass is 10.1. The first-order valence-electron chi connectivity index (χ1n) is 9.60. The number of hydrogen-bond acceptors (Lipinski definition) is 4. The quantitative estimate of drug-likeness (QED) is 0.625. The number of anilines is 2. The van der Waals surface area contributed by atoms with E-state index in [1.807, 2.05) is 6.07 Å². The van der Waals surface area contributed by atoms with E-state index < -0.39 is 0 Å². The highest BCUT2D eigenvalue weighted by Gasteiger charge is 2.23. The Balaban J connectivity index is 1.43. The standard InChI is InChI=1S/C22H23N5O2/c1-15(28)23-18-9-5-8-17(12-18)22(29)24-21-19-10-11-27(14-20(19)25-26-21)13-16-6-3-2-4-7-16/h2-9,12H,10-11,13-14H2,1H3,(H,23,28)(H2,24,25,26,29). The molecule has 7 heteroatoms. The van der Waals surface area contributed by atoms with Crippen molar-refractivity contribution in [3.63, 3.8) is 0 Å². The molecule has 1 aliphatic heterocycles. The Labute approximate surface area is 169 Å². The number of carbonyl (C=O) groups excluding carboxylic acids is 2. The molecule has 0 unspecified atom stereocenters. The third kappa shape index (κ3) is 4.52. The molecule has 1 aromatic heterocycles. The molecule has 1 aliphatic rings. The van der Waals surface area contributed by atoms with Gasteiger partial charge in [0.1, 0.15) is 0 Å². The van der Waals surface area contributed by atoms with Crippen molar-refractivity contribution in [1.29, 1.82) is 0 Å². The number of amides is 2. The van der Waals surface area contributed by atoms with Crippen molar-refractivity contribution in [3.05, 3.63) is 77.0 Å². The van der Waals surface area contributed by atoms with E-state index in [-0.39, 0.29) is 11.8 Å². The maximum absolute atomic E-state index is 12.7. The summed E-state index contributed by atoms with van der Waals surface area (Å²) in [6.45, 7) is 3.99. The van der Waals surface area contributed by atoms with Crippen LogP contribution in [0.2, 0.25) is 0 Å². The second kappa shape index (κ2) is 8.28. The second-order valence-electron chi connectivity index (χ2n) is 7.19. The third-order valence-electron chi connectivity index (χ3n) is 4.94. The van der Waals surface area contributed by atoms with Gasteiger partial charge >= 0.3 is 0 Å². The minimum Gasteiger partial charge on any atom is -0.326 e. The Morgan fingerprint density at radius 2 is 1.93 bits per heavy atom. The van der Waals surface area contributed by atoms with Crippen molar-refractivity contribution < 1.29 is 9.59 Å². The summed E-state index contributed by atoms with van der Waals surface area (Å²) >= 11 is 0. The highest BCUT2D eigenvalue weighted by atomic mass is 16.2. The van der Waals surface area contributed by atoms with E-state index in [1.165, 1.54) is 12.5 Å². The minimum absolute atomic E-state index is 0.177. The Hall–Kier alpha value is -3.45. The maximum atomic E-state index is 12.7.